The van der Waals surface area contributed by atoms with Crippen molar-refractivity contribution in [3.05, 3.63) is 105 Å². The normalized spacial score (nSPS) is 25.5. The van der Waals surface area contributed by atoms with Gasteiger partial charge in [-0.1, -0.05) is 261 Å². The average Bonchev–Trinajstić information content (AvgIpc) is 3.37. The van der Waals surface area contributed by atoms with Crippen LogP contribution in [0.3, 0.4) is 0 Å². The first kappa shape index (κ1) is 104. The van der Waals surface area contributed by atoms with Gasteiger partial charge in [0.15, 0.2) is 6.29 Å². The monoisotopic (exact) mass is 1220 g/mol. The van der Waals surface area contributed by atoms with Crippen molar-refractivity contribution in [2.45, 2.75) is 320 Å². The van der Waals surface area contributed by atoms with Gasteiger partial charge in [-0.15, -0.1) is 0 Å². The molecule has 3 aromatic carbocycles. The van der Waals surface area contributed by atoms with Crippen LogP contribution in [0.2, 0.25) is 0 Å². The number of benzene rings is 3. The molecule has 6 fully saturated rings. The average molecular weight is 1220 g/mol. The van der Waals surface area contributed by atoms with Gasteiger partial charge in [0, 0.05) is 26.1 Å². The highest BCUT2D eigenvalue weighted by Crippen LogP contribution is 2.29. The van der Waals surface area contributed by atoms with Crippen molar-refractivity contribution in [2.24, 2.45) is 53.3 Å². The Hall–Kier alpha value is -2.71. The fraction of sp³-hybridized carbons (Fsp3) is 0.769. The van der Waals surface area contributed by atoms with Gasteiger partial charge in [-0.3, -0.25) is 0 Å². The molecule has 0 aromatic heterocycles. The maximum atomic E-state index is 12.6. The van der Waals surface area contributed by atoms with Gasteiger partial charge < -0.3 is 18.9 Å². The molecular formula is C78H157F3O4. The number of rotatable bonds is 0. The lowest BCUT2D eigenvalue weighted by Gasteiger charge is -2.24. The minimum absolute atomic E-state index is 0. The van der Waals surface area contributed by atoms with E-state index >= 15 is 0 Å². The Morgan fingerprint density at radius 2 is 0.518 bits per heavy atom. The molecule has 514 valence electrons. The Labute approximate surface area is 536 Å². The summed E-state index contributed by atoms with van der Waals surface area (Å²) in [7, 11) is 0. The van der Waals surface area contributed by atoms with Crippen LogP contribution < -0.4 is 0 Å². The Balaban J connectivity index is -0.0000000805. The van der Waals surface area contributed by atoms with E-state index in [9.17, 15) is 13.2 Å². The first-order valence-corrected chi connectivity index (χ1v) is 30.0. The lowest BCUT2D eigenvalue weighted by molar-refractivity contribution is -0.187. The molecule has 4 atom stereocenters. The summed E-state index contributed by atoms with van der Waals surface area (Å²) in [5, 5.41) is 0. The summed E-state index contributed by atoms with van der Waals surface area (Å²) >= 11 is 0. The van der Waals surface area contributed by atoms with Crippen LogP contribution in [0.4, 0.5) is 13.2 Å². The van der Waals surface area contributed by atoms with Gasteiger partial charge in [-0.05, 0) is 170 Å². The first-order chi connectivity index (χ1) is 35.3. The van der Waals surface area contributed by atoms with Crippen molar-refractivity contribution in [1.82, 2.24) is 0 Å². The van der Waals surface area contributed by atoms with Crippen molar-refractivity contribution >= 4 is 0 Å². The van der Waals surface area contributed by atoms with Crippen LogP contribution in [0.25, 0.3) is 0 Å². The molecule has 0 bridgehead atoms. The summed E-state index contributed by atoms with van der Waals surface area (Å²) in [6, 6.07) is 16.3. The second-order valence-corrected chi connectivity index (χ2v) is 24.8. The van der Waals surface area contributed by atoms with E-state index in [4.69, 9.17) is 18.9 Å². The van der Waals surface area contributed by atoms with Crippen LogP contribution in [0.1, 0.15) is 295 Å². The summed E-state index contributed by atoms with van der Waals surface area (Å²) < 4.78 is 58.9. The third-order valence-corrected chi connectivity index (χ3v) is 15.6. The molecule has 3 heterocycles. The molecule has 0 radical (unpaired) electrons. The third kappa shape index (κ3) is 55.1. The Kier molecular flexibility index (Phi) is 73.7. The molecule has 0 spiro atoms. The van der Waals surface area contributed by atoms with Gasteiger partial charge in [0.25, 0.3) is 0 Å². The molecule has 3 saturated heterocycles. The van der Waals surface area contributed by atoms with Crippen LogP contribution in [-0.2, 0) is 18.9 Å². The predicted octanol–water partition coefficient (Wildman–Crippen LogP) is 27.1. The van der Waals surface area contributed by atoms with Crippen LogP contribution in [0.5, 0.6) is 0 Å². The zero-order valence-corrected chi connectivity index (χ0v) is 51.5. The molecule has 3 aliphatic heterocycles. The van der Waals surface area contributed by atoms with Gasteiger partial charge in [-0.25, -0.2) is 13.2 Å². The van der Waals surface area contributed by atoms with E-state index in [1.807, 2.05) is 19.9 Å². The van der Waals surface area contributed by atoms with Crippen molar-refractivity contribution < 1.29 is 33.5 Å². The Morgan fingerprint density at radius 3 is 0.729 bits per heavy atom. The summed E-state index contributed by atoms with van der Waals surface area (Å²) in [5.74, 6) is 7.22. The number of halogens is 3. The molecular weight excluding hydrogens is 1060 g/mol. The highest BCUT2D eigenvalue weighted by molar-refractivity contribution is 5.24. The fourth-order valence-corrected chi connectivity index (χ4v) is 9.11. The van der Waals surface area contributed by atoms with Gasteiger partial charge in [-0.2, -0.15) is 0 Å². The Morgan fingerprint density at radius 1 is 0.282 bits per heavy atom. The SMILES string of the molecule is C.C.C.C.C.C.C.C.C.C.CC1CCC(C)CC1.CC1CCC(C)CC1.CC1CCC(C)CC1.CC1CCC(C)OC1.CC1CCC(C)OC1.CC1COC(C)OC1.Cc1cc(F)c(C)c(F)c1.Cc1ccc(C)c(F)c1.Cc1ccc(C)cc1.[HH]. The van der Waals surface area contributed by atoms with E-state index in [0.717, 1.165) is 79.3 Å². The van der Waals surface area contributed by atoms with Gasteiger partial charge in [0.05, 0.1) is 25.4 Å². The lowest BCUT2D eigenvalue weighted by atomic mass is 9.84. The molecule has 3 aliphatic carbocycles. The van der Waals surface area contributed by atoms with Crippen LogP contribution in [0, 0.1) is 112 Å². The highest BCUT2D eigenvalue weighted by atomic mass is 19.1. The van der Waals surface area contributed by atoms with Gasteiger partial charge >= 0.3 is 0 Å². The van der Waals surface area contributed by atoms with Crippen LogP contribution in [0.15, 0.2) is 54.6 Å². The van der Waals surface area contributed by atoms with Crippen molar-refractivity contribution in [3.8, 4) is 0 Å². The third-order valence-electron chi connectivity index (χ3n) is 15.6. The smallest absolute Gasteiger partial charge is 0.154 e. The van der Waals surface area contributed by atoms with Crippen molar-refractivity contribution in [1.29, 1.82) is 0 Å². The largest absolute Gasteiger partial charge is 0.378 e. The molecule has 6 aliphatic rings. The van der Waals surface area contributed by atoms with E-state index in [1.165, 1.54) is 139 Å². The predicted molar refractivity (Wildman–Crippen MR) is 386 cm³/mol. The standard InChI is InChI=1S/C8H8F2.C8H9F.3C8H16.C8H10.2C7H14O.C6H12O2.10CH4.H2/c1-5-3-7(9)6(2)8(10)4-5;1-6-3-4-7(2)8(9)5-6;4*1-7-3-5-8(2)6-4-7;2*1-6-3-4-7(2)8-5-6;1-5-3-7-6(2)8-4-5;;;;;;;;;;;/h3-4H,1-2H3;3-5H,1-2H3;3*7-8H,3-6H2,1-2H3;3-6H,1-2H3;2*6-7H,3-5H2,1-2H3;5-6H,3-4H2,1-2H3;10*1H4;1H. The highest BCUT2D eigenvalue weighted by Gasteiger charge is 2.17. The number of hydrogen-bond acceptors (Lipinski definition) is 4. The van der Waals surface area contributed by atoms with E-state index in [1.54, 1.807) is 19.9 Å². The summed E-state index contributed by atoms with van der Waals surface area (Å²) in [4.78, 5) is 0. The molecule has 3 saturated carbocycles. The van der Waals surface area contributed by atoms with E-state index in [0.29, 0.717) is 29.3 Å². The van der Waals surface area contributed by atoms with Gasteiger partial charge in [0.1, 0.15) is 17.5 Å². The summed E-state index contributed by atoms with van der Waals surface area (Å²) in [6.07, 6.45) is 23.9. The Bertz CT molecular complexity index is 1570. The molecule has 85 heavy (non-hydrogen) atoms. The zero-order chi connectivity index (χ0) is 56.5. The van der Waals surface area contributed by atoms with E-state index in [-0.39, 0.29) is 93.4 Å². The van der Waals surface area contributed by atoms with Crippen molar-refractivity contribution in [3.63, 3.8) is 0 Å². The van der Waals surface area contributed by atoms with Gasteiger partial charge in [0.2, 0.25) is 0 Å². The molecule has 3 aromatic rings. The maximum Gasteiger partial charge on any atom is 0.154 e. The zero-order valence-electron chi connectivity index (χ0n) is 51.5. The second-order valence-electron chi connectivity index (χ2n) is 24.8. The first-order valence-electron chi connectivity index (χ1n) is 30.0. The van der Waals surface area contributed by atoms with Crippen LogP contribution >= 0.6 is 0 Å². The summed E-state index contributed by atoms with van der Waals surface area (Å²) in [6.45, 7) is 41.6. The molecule has 4 nitrogen and oxygen atoms in total. The number of aryl methyl sites for hydroxylation is 5. The van der Waals surface area contributed by atoms with Crippen molar-refractivity contribution in [2.75, 3.05) is 26.4 Å². The fourth-order valence-electron chi connectivity index (χ4n) is 9.11. The maximum absolute atomic E-state index is 12.6. The summed E-state index contributed by atoms with van der Waals surface area (Å²) in [5.41, 5.74) is 5.04. The molecule has 4 unspecified atom stereocenters. The molecule has 7 heteroatoms. The van der Waals surface area contributed by atoms with Crippen LogP contribution in [-0.4, -0.2) is 44.9 Å². The minimum atomic E-state index is -0.475. The molecule has 0 N–H and O–H groups in total. The minimum Gasteiger partial charge on any atom is -0.378 e. The number of ether oxygens (including phenoxy) is 4. The topological polar surface area (TPSA) is 36.9 Å². The van der Waals surface area contributed by atoms with E-state index in [2.05, 4.69) is 114 Å². The second kappa shape index (κ2) is 60.2. The molecule has 9 rings (SSSR count). The lowest BCUT2D eigenvalue weighted by Crippen LogP contribution is -2.27. The quantitative estimate of drug-likeness (QED) is 0.225. The molecule has 0 amide bonds. The number of hydrogen-bond donors (Lipinski definition) is 0. The van der Waals surface area contributed by atoms with E-state index < -0.39 is 11.6 Å².